The van der Waals surface area contributed by atoms with Crippen molar-refractivity contribution in [3.8, 4) is 5.75 Å². The number of aliphatic hydroxyl groups is 1. The zero-order chi connectivity index (χ0) is 67.6. The molecule has 2 aliphatic rings. The zero-order valence-corrected chi connectivity index (χ0v) is 53.0. The van der Waals surface area contributed by atoms with Crippen LogP contribution < -0.4 is 54.0 Å². The highest BCUT2D eigenvalue weighted by molar-refractivity contribution is 6.00. The molecule has 9 unspecified atom stereocenters. The number of aromatic nitrogens is 4. The van der Waals surface area contributed by atoms with E-state index in [-0.39, 0.29) is 100 Å². The number of rotatable bonds is 32. The van der Waals surface area contributed by atoms with E-state index in [0.29, 0.717) is 58.1 Å². The third-order valence-corrected chi connectivity index (χ3v) is 16.8. The molecule has 2 fully saturated rings. The Balaban J connectivity index is 1.07. The number of amides is 10. The maximum absolute atomic E-state index is 15.3. The SMILES string of the molecule is CCNC(=O)C1CCCN1C(=O)C(CCCN=C(N)N)NC(=O)C(CC(C)C)NC(=O)C(Cc1c[nH]c2ccccc12)NC(=O)C(Cc1ccc(O)cc1)N(C)C(=O)C(CO)NC(=O)C(Cc1c[nH]c2ccccc12)NC(=O)C(Cc1cnc[nH]1)NC(=O)C1CCC(=O)N1. The van der Waals surface area contributed by atoms with Gasteiger partial charge in [0.15, 0.2) is 5.96 Å². The number of aliphatic imine (C=N–C) groups is 1. The van der Waals surface area contributed by atoms with Crippen LogP contribution in [0.5, 0.6) is 5.75 Å². The van der Waals surface area contributed by atoms with Crippen LogP contribution in [0.3, 0.4) is 0 Å². The molecule has 0 aliphatic carbocycles. The molecule has 0 saturated carbocycles. The molecule has 3 aromatic carbocycles. The molecule has 17 N–H and O–H groups in total. The van der Waals surface area contributed by atoms with Crippen LogP contribution in [0.1, 0.15) is 88.1 Å². The smallest absolute Gasteiger partial charge is 0.247 e. The number of phenolic OH excluding ortho intramolecular Hbond substituents is 1. The number of hydrogen-bond acceptors (Lipinski definition) is 14. The number of aromatic amines is 3. The lowest BCUT2D eigenvalue weighted by molar-refractivity contribution is -0.144. The normalized spacial score (nSPS) is 16.7. The number of nitrogens with one attached hydrogen (secondary N) is 11. The van der Waals surface area contributed by atoms with Gasteiger partial charge in [0, 0.05) is 105 Å². The van der Waals surface area contributed by atoms with Gasteiger partial charge in [-0.3, -0.25) is 52.9 Å². The molecule has 3 aromatic heterocycles. The molecule has 0 radical (unpaired) electrons. The van der Waals surface area contributed by atoms with Crippen LogP contribution in [-0.2, 0) is 73.6 Å². The van der Waals surface area contributed by atoms with Gasteiger partial charge in [-0.25, -0.2) is 4.98 Å². The number of likely N-dealkylation sites (N-methyl/N-ethyl adjacent to an activating group) is 2. The van der Waals surface area contributed by atoms with E-state index in [1.54, 1.807) is 31.5 Å². The van der Waals surface area contributed by atoms with Crippen LogP contribution in [0.2, 0.25) is 0 Å². The van der Waals surface area contributed by atoms with Gasteiger partial charge >= 0.3 is 0 Å². The number of aliphatic hydroxyl groups excluding tert-OH is 1. The predicted octanol–water partition coefficient (Wildman–Crippen LogP) is -0.418. The Labute approximate surface area is 542 Å². The van der Waals surface area contributed by atoms with Crippen molar-refractivity contribution in [3.05, 3.63) is 120 Å². The molecule has 0 bridgehead atoms. The molecule has 2 saturated heterocycles. The molecule has 29 nitrogen and oxygen atoms in total. The second-order valence-electron chi connectivity index (χ2n) is 24.1. The third-order valence-electron chi connectivity index (χ3n) is 16.8. The summed E-state index contributed by atoms with van der Waals surface area (Å²) >= 11 is 0. The summed E-state index contributed by atoms with van der Waals surface area (Å²) in [6.45, 7) is 5.17. The molecule has 10 amide bonds. The van der Waals surface area contributed by atoms with Crippen LogP contribution in [0.15, 0.2) is 103 Å². The van der Waals surface area contributed by atoms with E-state index < -0.39 is 108 Å². The van der Waals surface area contributed by atoms with Crippen molar-refractivity contribution in [1.82, 2.24) is 72.3 Å². The molecule has 29 heteroatoms. The highest BCUT2D eigenvalue weighted by atomic mass is 16.3. The van der Waals surface area contributed by atoms with E-state index in [4.69, 9.17) is 11.5 Å². The number of para-hydroxylation sites is 2. The van der Waals surface area contributed by atoms with Gasteiger partial charge < -0.3 is 89.0 Å². The topological polar surface area (TPSA) is 439 Å². The fourth-order valence-corrected chi connectivity index (χ4v) is 11.8. The molecule has 502 valence electrons. The quantitative estimate of drug-likeness (QED) is 0.0145. The summed E-state index contributed by atoms with van der Waals surface area (Å²) in [6, 6.07) is 8.59. The largest absolute Gasteiger partial charge is 0.508 e. The number of nitrogens with zero attached hydrogens (tertiary/aromatic N) is 4. The molecule has 2 aliphatic heterocycles. The summed E-state index contributed by atoms with van der Waals surface area (Å²) in [5.41, 5.74) is 14.7. The first-order valence-corrected chi connectivity index (χ1v) is 31.6. The Morgan fingerprint density at radius 3 is 1.84 bits per heavy atom. The average molecular weight is 1300 g/mol. The van der Waals surface area contributed by atoms with E-state index in [0.717, 1.165) is 10.4 Å². The Kier molecular flexibility index (Phi) is 24.3. The van der Waals surface area contributed by atoms with Gasteiger partial charge in [0.2, 0.25) is 59.1 Å². The first-order valence-electron chi connectivity index (χ1n) is 31.6. The van der Waals surface area contributed by atoms with Crippen molar-refractivity contribution in [1.29, 1.82) is 0 Å². The number of carbonyl (C=O) groups excluding carboxylic acids is 10. The Morgan fingerprint density at radius 1 is 0.702 bits per heavy atom. The molecule has 8 rings (SSSR count). The number of imidazole rings is 1. The monoisotopic (exact) mass is 1300 g/mol. The number of fused-ring (bicyclic) bond motifs is 2. The van der Waals surface area contributed by atoms with Crippen LogP contribution in [0.25, 0.3) is 21.8 Å². The lowest BCUT2D eigenvalue weighted by Crippen LogP contribution is -2.62. The van der Waals surface area contributed by atoms with Gasteiger partial charge in [-0.15, -0.1) is 0 Å². The molecular formula is C65H85N17O12. The number of aromatic hydroxyl groups is 1. The highest BCUT2D eigenvalue weighted by Gasteiger charge is 2.41. The Bertz CT molecular complexity index is 3680. The minimum Gasteiger partial charge on any atom is -0.508 e. The number of carbonyl (C=O) groups is 10. The van der Waals surface area contributed by atoms with Gasteiger partial charge in [-0.2, -0.15) is 0 Å². The van der Waals surface area contributed by atoms with Crippen molar-refractivity contribution in [2.45, 2.75) is 146 Å². The number of nitrogens with two attached hydrogens (primary N) is 2. The summed E-state index contributed by atoms with van der Waals surface area (Å²) in [7, 11) is 1.27. The Morgan fingerprint density at radius 2 is 1.28 bits per heavy atom. The van der Waals surface area contributed by atoms with E-state index in [9.17, 15) is 43.8 Å². The van der Waals surface area contributed by atoms with Crippen LogP contribution in [0, 0.1) is 5.92 Å². The van der Waals surface area contributed by atoms with Gasteiger partial charge in [-0.1, -0.05) is 62.4 Å². The summed E-state index contributed by atoms with van der Waals surface area (Å²) in [5, 5.41) is 44.7. The maximum atomic E-state index is 15.3. The predicted molar refractivity (Wildman–Crippen MR) is 347 cm³/mol. The molecule has 6 aromatic rings. The van der Waals surface area contributed by atoms with Crippen molar-refractivity contribution in [2.24, 2.45) is 22.4 Å². The van der Waals surface area contributed by atoms with Gasteiger partial charge in [-0.05, 0) is 92.3 Å². The molecule has 9 atom stereocenters. The average Bonchev–Trinajstić information content (AvgIpc) is 1.52. The van der Waals surface area contributed by atoms with E-state index >= 15 is 14.4 Å². The van der Waals surface area contributed by atoms with Crippen LogP contribution in [-0.4, -0.2) is 193 Å². The second kappa shape index (κ2) is 32.8. The summed E-state index contributed by atoms with van der Waals surface area (Å²) < 4.78 is 0. The van der Waals surface area contributed by atoms with Crippen molar-refractivity contribution < 1.29 is 58.2 Å². The molecule has 94 heavy (non-hydrogen) atoms. The standard InChI is InChI=1S/C65H85N17O12/c1-5-69-61(91)53-17-11-25-82(53)64(94)47(16-10-24-70-65(66)67)75-57(87)48(26-36(2)3)76-58(88)50(29-39-32-72-45-15-9-7-13-43(39)45)79-62(92)54(27-37-18-20-41(84)21-19-37)81(4)63(93)52(34-83)80-59(89)49(28-38-31-71-44-14-8-6-12-42(38)44)77-60(90)51(30-40-33-68-35-73-40)78-56(86)46-22-23-55(85)74-46/h6-9,12-15,18-21,31-33,35-36,46-54,71-72,83-84H,5,10-11,16-17,22-30,34H2,1-4H3,(H,68,73)(H,69,91)(H,74,85)(H,75,87)(H,76,88)(H,77,90)(H,78,86)(H,79,92)(H,80,89)(H4,66,67,70). The minimum absolute atomic E-state index is 0.0659. The Hall–Kier alpha value is -10.3. The molecule has 5 heterocycles. The zero-order valence-electron chi connectivity index (χ0n) is 53.0. The van der Waals surface area contributed by atoms with Crippen molar-refractivity contribution in [2.75, 3.05) is 33.3 Å². The highest BCUT2D eigenvalue weighted by Crippen LogP contribution is 2.24. The number of phenols is 1. The first-order chi connectivity index (χ1) is 45.1. The van der Waals surface area contributed by atoms with Crippen LogP contribution >= 0.6 is 0 Å². The number of guanidine groups is 1. The number of likely N-dealkylation sites (tertiary alicyclic amines) is 1. The van der Waals surface area contributed by atoms with Gasteiger partial charge in [0.25, 0.3) is 0 Å². The second-order valence-corrected chi connectivity index (χ2v) is 24.1. The number of benzene rings is 3. The number of hydrogen-bond donors (Lipinski definition) is 15. The van der Waals surface area contributed by atoms with Gasteiger partial charge in [0.05, 0.1) is 12.9 Å². The molecular weight excluding hydrogens is 1210 g/mol. The fraction of sp³-hybridized carbons (Fsp3) is 0.446. The summed E-state index contributed by atoms with van der Waals surface area (Å²) in [6.07, 6.45) is 7.15. The van der Waals surface area contributed by atoms with Crippen LogP contribution in [0.4, 0.5) is 0 Å². The van der Waals surface area contributed by atoms with E-state index in [1.165, 1.54) is 48.7 Å². The van der Waals surface area contributed by atoms with Crippen molar-refractivity contribution in [3.63, 3.8) is 0 Å². The van der Waals surface area contributed by atoms with Crippen molar-refractivity contribution >= 4 is 86.8 Å². The van der Waals surface area contributed by atoms with E-state index in [2.05, 4.69) is 67.5 Å². The minimum atomic E-state index is -1.77. The lowest BCUT2D eigenvalue weighted by Gasteiger charge is -2.33. The summed E-state index contributed by atoms with van der Waals surface area (Å²) in [4.78, 5) is 162. The molecule has 0 spiro atoms. The first kappa shape index (κ1) is 69.6. The lowest BCUT2D eigenvalue weighted by atomic mass is 9.99. The third kappa shape index (κ3) is 18.5. The number of H-pyrrole nitrogens is 3. The fourth-order valence-electron chi connectivity index (χ4n) is 11.8. The van der Waals surface area contributed by atoms with E-state index in [1.807, 2.05) is 50.2 Å². The van der Waals surface area contributed by atoms with Gasteiger partial charge in [0.1, 0.15) is 60.1 Å². The summed E-state index contributed by atoms with van der Waals surface area (Å²) in [5.74, 6) is -7.43. The maximum Gasteiger partial charge on any atom is 0.247 e.